The molecule has 3 aliphatic rings. The van der Waals surface area contributed by atoms with E-state index in [0.29, 0.717) is 12.1 Å². The minimum absolute atomic E-state index is 0.159. The summed E-state index contributed by atoms with van der Waals surface area (Å²) in [5, 5.41) is 0. The molecule has 0 bridgehead atoms. The number of rotatable bonds is 1. The van der Waals surface area contributed by atoms with E-state index in [4.69, 9.17) is 10.5 Å². The lowest BCUT2D eigenvalue weighted by Crippen LogP contribution is -2.81. The lowest BCUT2D eigenvalue weighted by atomic mass is 9.47. The van der Waals surface area contributed by atoms with Gasteiger partial charge in [-0.3, -0.25) is 4.79 Å². The van der Waals surface area contributed by atoms with Crippen molar-refractivity contribution in [2.24, 2.45) is 17.1 Å². The lowest BCUT2D eigenvalue weighted by Gasteiger charge is -2.62. The fourth-order valence-corrected chi connectivity index (χ4v) is 4.85. The first-order valence-electron chi connectivity index (χ1n) is 8.05. The quantitative estimate of drug-likeness (QED) is 0.798. The van der Waals surface area contributed by atoms with E-state index in [1.807, 2.05) is 0 Å². The fraction of sp³-hybridized carbons (Fsp3) is 0.938. The Bertz CT molecular complexity index is 413. The number of likely N-dealkylation sites (tertiary alicyclic amines) is 1. The van der Waals surface area contributed by atoms with Crippen molar-refractivity contribution in [2.45, 2.75) is 77.1 Å². The monoisotopic (exact) mass is 280 g/mol. The lowest BCUT2D eigenvalue weighted by molar-refractivity contribution is -0.189. The molecule has 2 N–H and O–H groups in total. The van der Waals surface area contributed by atoms with Crippen molar-refractivity contribution in [3.8, 4) is 0 Å². The van der Waals surface area contributed by atoms with E-state index in [1.165, 1.54) is 6.42 Å². The summed E-state index contributed by atoms with van der Waals surface area (Å²) in [6, 6.07) is 0.618. The van der Waals surface area contributed by atoms with Crippen LogP contribution in [0.5, 0.6) is 0 Å². The molecular formula is C16H28N2O2. The topological polar surface area (TPSA) is 55.6 Å². The van der Waals surface area contributed by atoms with Crippen molar-refractivity contribution < 1.29 is 9.53 Å². The van der Waals surface area contributed by atoms with Crippen LogP contribution < -0.4 is 5.73 Å². The summed E-state index contributed by atoms with van der Waals surface area (Å²) in [5.41, 5.74) is 5.69. The van der Waals surface area contributed by atoms with Crippen molar-refractivity contribution in [1.82, 2.24) is 4.90 Å². The second-order valence-electron chi connectivity index (χ2n) is 7.62. The van der Waals surface area contributed by atoms with E-state index in [0.717, 1.165) is 25.9 Å². The zero-order valence-electron chi connectivity index (χ0n) is 13.2. The SMILES string of the molecule is C[C@@H]1CCC[C@H](C)N1C(=O)C1(N)C2CCOC2C1(C)C. The van der Waals surface area contributed by atoms with E-state index in [9.17, 15) is 4.79 Å². The van der Waals surface area contributed by atoms with E-state index in [1.54, 1.807) is 0 Å². The highest BCUT2D eigenvalue weighted by Gasteiger charge is 2.72. The van der Waals surface area contributed by atoms with Gasteiger partial charge in [0.15, 0.2) is 0 Å². The minimum atomic E-state index is -0.742. The first-order chi connectivity index (χ1) is 9.31. The average Bonchev–Trinajstić information content (AvgIpc) is 2.85. The third-order valence-electron chi connectivity index (χ3n) is 6.24. The van der Waals surface area contributed by atoms with E-state index in [-0.39, 0.29) is 23.3 Å². The van der Waals surface area contributed by atoms with Crippen LogP contribution in [0.25, 0.3) is 0 Å². The van der Waals surface area contributed by atoms with Crippen LogP contribution in [-0.4, -0.2) is 41.1 Å². The van der Waals surface area contributed by atoms with Crippen molar-refractivity contribution in [2.75, 3.05) is 6.61 Å². The molecule has 1 aliphatic carbocycles. The molecule has 3 fully saturated rings. The van der Waals surface area contributed by atoms with Gasteiger partial charge in [-0.25, -0.2) is 0 Å². The number of carbonyl (C=O) groups excluding carboxylic acids is 1. The third-order valence-corrected chi connectivity index (χ3v) is 6.24. The summed E-state index contributed by atoms with van der Waals surface area (Å²) in [6.45, 7) is 9.25. The molecule has 0 aromatic rings. The number of fused-ring (bicyclic) bond motifs is 1. The molecule has 0 aromatic heterocycles. The fourth-order valence-electron chi connectivity index (χ4n) is 4.85. The van der Waals surface area contributed by atoms with Gasteiger partial charge in [0, 0.05) is 30.0 Å². The number of hydrogen-bond acceptors (Lipinski definition) is 3. The summed E-state index contributed by atoms with van der Waals surface area (Å²) in [4.78, 5) is 15.3. The second-order valence-corrected chi connectivity index (χ2v) is 7.62. The molecule has 1 amide bonds. The molecule has 1 saturated carbocycles. The van der Waals surface area contributed by atoms with E-state index in [2.05, 4.69) is 32.6 Å². The van der Waals surface area contributed by atoms with Gasteiger partial charge in [0.25, 0.3) is 0 Å². The zero-order valence-corrected chi connectivity index (χ0v) is 13.2. The van der Waals surface area contributed by atoms with Crippen LogP contribution in [0.2, 0.25) is 0 Å². The third kappa shape index (κ3) is 1.58. The second kappa shape index (κ2) is 4.44. The predicted molar refractivity (Wildman–Crippen MR) is 78.2 cm³/mol. The smallest absolute Gasteiger partial charge is 0.244 e. The van der Waals surface area contributed by atoms with Gasteiger partial charge >= 0.3 is 0 Å². The number of hydrogen-bond donors (Lipinski definition) is 1. The molecule has 4 heteroatoms. The zero-order chi connectivity index (χ0) is 14.7. The Balaban J connectivity index is 1.89. The normalized spacial score (nSPS) is 46.8. The molecular weight excluding hydrogens is 252 g/mol. The van der Waals surface area contributed by atoms with Gasteiger partial charge < -0.3 is 15.4 Å². The van der Waals surface area contributed by atoms with Crippen LogP contribution in [0.3, 0.4) is 0 Å². The van der Waals surface area contributed by atoms with Crippen LogP contribution in [0.15, 0.2) is 0 Å². The number of nitrogens with two attached hydrogens (primary N) is 1. The molecule has 2 aliphatic heterocycles. The average molecular weight is 280 g/mol. The van der Waals surface area contributed by atoms with Crippen molar-refractivity contribution in [1.29, 1.82) is 0 Å². The highest BCUT2D eigenvalue weighted by atomic mass is 16.5. The Morgan fingerprint density at radius 2 is 1.80 bits per heavy atom. The van der Waals surface area contributed by atoms with Crippen LogP contribution in [0, 0.1) is 11.3 Å². The first kappa shape index (κ1) is 14.3. The highest BCUT2D eigenvalue weighted by Crippen LogP contribution is 2.59. The summed E-state index contributed by atoms with van der Waals surface area (Å²) < 4.78 is 5.80. The molecule has 0 aromatic carbocycles. The van der Waals surface area contributed by atoms with Gasteiger partial charge in [-0.2, -0.15) is 0 Å². The maximum absolute atomic E-state index is 13.2. The standard InChI is InChI=1S/C16H28N2O2/c1-10-6-5-7-11(2)18(10)14(19)16(17)12-8-9-20-13(12)15(16,3)4/h10-13H,5-9,17H2,1-4H3/t10-,11+,12?,13?,16?. The Hall–Kier alpha value is -0.610. The van der Waals surface area contributed by atoms with E-state index >= 15 is 0 Å². The van der Waals surface area contributed by atoms with Gasteiger partial charge in [0.2, 0.25) is 5.91 Å². The predicted octanol–water partition coefficient (Wildman–Crippen LogP) is 1.92. The highest BCUT2D eigenvalue weighted by molar-refractivity contribution is 5.90. The van der Waals surface area contributed by atoms with Crippen molar-refractivity contribution >= 4 is 5.91 Å². The summed E-state index contributed by atoms with van der Waals surface area (Å²) >= 11 is 0. The minimum Gasteiger partial charge on any atom is -0.377 e. The number of piperidine rings is 1. The molecule has 0 spiro atoms. The molecule has 5 atom stereocenters. The van der Waals surface area contributed by atoms with Gasteiger partial charge in [-0.05, 0) is 39.5 Å². The summed E-state index contributed by atoms with van der Waals surface area (Å²) in [5.74, 6) is 0.361. The molecule has 114 valence electrons. The van der Waals surface area contributed by atoms with Crippen LogP contribution >= 0.6 is 0 Å². The van der Waals surface area contributed by atoms with Gasteiger partial charge in [-0.15, -0.1) is 0 Å². The maximum Gasteiger partial charge on any atom is 0.244 e. The van der Waals surface area contributed by atoms with Crippen LogP contribution in [-0.2, 0) is 9.53 Å². The van der Waals surface area contributed by atoms with Crippen molar-refractivity contribution in [3.05, 3.63) is 0 Å². The van der Waals surface area contributed by atoms with Gasteiger partial charge in [0.05, 0.1) is 6.10 Å². The summed E-state index contributed by atoms with van der Waals surface area (Å²) in [6.07, 6.45) is 4.48. The number of amides is 1. The number of ether oxygens (including phenoxy) is 1. The molecule has 0 radical (unpaired) electrons. The van der Waals surface area contributed by atoms with Crippen molar-refractivity contribution in [3.63, 3.8) is 0 Å². The molecule has 3 unspecified atom stereocenters. The van der Waals surface area contributed by atoms with Crippen LogP contribution in [0.4, 0.5) is 0 Å². The molecule has 2 heterocycles. The Labute approximate surface area is 122 Å². The van der Waals surface area contributed by atoms with Gasteiger partial charge in [-0.1, -0.05) is 13.8 Å². The first-order valence-corrected chi connectivity index (χ1v) is 8.05. The number of carbonyl (C=O) groups is 1. The maximum atomic E-state index is 13.2. The Morgan fingerprint density at radius 3 is 2.40 bits per heavy atom. The molecule has 2 saturated heterocycles. The largest absolute Gasteiger partial charge is 0.377 e. The Morgan fingerprint density at radius 1 is 1.20 bits per heavy atom. The number of nitrogens with zero attached hydrogens (tertiary/aromatic N) is 1. The Kier molecular flexibility index (Phi) is 3.18. The molecule has 3 rings (SSSR count). The van der Waals surface area contributed by atoms with Crippen LogP contribution in [0.1, 0.15) is 53.4 Å². The van der Waals surface area contributed by atoms with Gasteiger partial charge in [0.1, 0.15) is 5.54 Å². The molecule has 20 heavy (non-hydrogen) atoms. The van der Waals surface area contributed by atoms with E-state index < -0.39 is 5.54 Å². The molecule has 4 nitrogen and oxygen atoms in total. The summed E-state index contributed by atoms with van der Waals surface area (Å²) in [7, 11) is 0.